The third-order valence-electron chi connectivity index (χ3n) is 3.12. The topological polar surface area (TPSA) is 50.4 Å². The first-order valence-electron chi connectivity index (χ1n) is 7.24. The third kappa shape index (κ3) is 5.46. The Morgan fingerprint density at radius 2 is 1.92 bits per heavy atom. The number of halogens is 3. The van der Waals surface area contributed by atoms with E-state index < -0.39 is 17.8 Å². The Morgan fingerprint density at radius 3 is 2.64 bits per heavy atom. The van der Waals surface area contributed by atoms with Crippen molar-refractivity contribution in [1.29, 1.82) is 0 Å². The zero-order valence-corrected chi connectivity index (χ0v) is 13.3. The van der Waals surface area contributed by atoms with Crippen LogP contribution in [0.1, 0.15) is 11.1 Å². The van der Waals surface area contributed by atoms with Crippen LogP contribution in [0.25, 0.3) is 0 Å². The lowest BCUT2D eigenvalue weighted by molar-refractivity contribution is -0.137. The summed E-state index contributed by atoms with van der Waals surface area (Å²) in [5.74, 6) is 5.69. The van der Waals surface area contributed by atoms with Crippen LogP contribution < -0.4 is 15.4 Å². The van der Waals surface area contributed by atoms with Gasteiger partial charge in [-0.25, -0.2) is 4.79 Å². The first kappa shape index (κ1) is 18.2. The first-order valence-corrected chi connectivity index (χ1v) is 7.24. The van der Waals surface area contributed by atoms with Gasteiger partial charge in [0.1, 0.15) is 5.75 Å². The molecule has 0 aliphatic rings. The molecule has 2 aromatic carbocycles. The lowest BCUT2D eigenvalue weighted by Crippen LogP contribution is -2.29. The zero-order chi connectivity index (χ0) is 18.3. The van der Waals surface area contributed by atoms with Gasteiger partial charge in [-0.15, -0.1) is 0 Å². The molecule has 0 saturated carbocycles. The van der Waals surface area contributed by atoms with Crippen molar-refractivity contribution in [3.8, 4) is 17.6 Å². The smallest absolute Gasteiger partial charge is 0.416 e. The largest absolute Gasteiger partial charge is 0.495 e. The van der Waals surface area contributed by atoms with Crippen LogP contribution in [0.4, 0.5) is 23.7 Å². The summed E-state index contributed by atoms with van der Waals surface area (Å²) in [4.78, 5) is 11.8. The van der Waals surface area contributed by atoms with Crippen LogP contribution in [0.2, 0.25) is 0 Å². The normalized spacial score (nSPS) is 10.4. The van der Waals surface area contributed by atoms with Crippen molar-refractivity contribution in [2.45, 2.75) is 6.18 Å². The van der Waals surface area contributed by atoms with E-state index in [-0.39, 0.29) is 12.1 Å². The van der Waals surface area contributed by atoms with Gasteiger partial charge >= 0.3 is 12.2 Å². The van der Waals surface area contributed by atoms with Crippen molar-refractivity contribution in [1.82, 2.24) is 5.32 Å². The molecule has 0 atom stereocenters. The summed E-state index contributed by atoms with van der Waals surface area (Å²) in [6, 6.07) is 11.1. The molecule has 0 saturated heterocycles. The maximum Gasteiger partial charge on any atom is 0.416 e. The Bertz CT molecular complexity index is 808. The molecule has 2 aromatic rings. The average molecular weight is 348 g/mol. The lowest BCUT2D eigenvalue weighted by atomic mass is 10.1. The molecule has 0 spiro atoms. The minimum absolute atomic E-state index is 0.0166. The number of anilines is 1. The Hall–Kier alpha value is -3.14. The highest BCUT2D eigenvalue weighted by molar-refractivity contribution is 5.91. The molecule has 2 amide bonds. The zero-order valence-electron chi connectivity index (χ0n) is 13.3. The van der Waals surface area contributed by atoms with Gasteiger partial charge in [0.25, 0.3) is 0 Å². The van der Waals surface area contributed by atoms with E-state index in [1.165, 1.54) is 19.2 Å². The van der Waals surface area contributed by atoms with E-state index in [0.29, 0.717) is 11.4 Å². The minimum Gasteiger partial charge on any atom is -0.495 e. The molecule has 25 heavy (non-hydrogen) atoms. The molecule has 0 bridgehead atoms. The number of nitrogens with one attached hydrogen (secondary N) is 2. The molecule has 7 heteroatoms. The number of rotatable bonds is 3. The number of amides is 2. The summed E-state index contributed by atoms with van der Waals surface area (Å²) in [6.45, 7) is -0.0166. The number of hydrogen-bond donors (Lipinski definition) is 2. The molecular formula is C18H15F3N2O2. The maximum absolute atomic E-state index is 12.6. The fourth-order valence-electron chi connectivity index (χ4n) is 1.96. The van der Waals surface area contributed by atoms with E-state index in [9.17, 15) is 18.0 Å². The van der Waals surface area contributed by atoms with Crippen molar-refractivity contribution in [3.63, 3.8) is 0 Å². The number of carbonyl (C=O) groups excluding carboxylic acids is 1. The van der Waals surface area contributed by atoms with Gasteiger partial charge < -0.3 is 15.4 Å². The average Bonchev–Trinajstić information content (AvgIpc) is 2.59. The van der Waals surface area contributed by atoms with Crippen LogP contribution in [0.3, 0.4) is 0 Å². The Morgan fingerprint density at radius 1 is 1.16 bits per heavy atom. The standard InChI is InChI=1S/C18H15F3N2O2/c1-25-16-10-3-2-9-15(16)23-17(24)22-11-5-7-13-6-4-8-14(12-13)18(19,20)21/h2-4,6,8-10,12H,11H2,1H3,(H2,22,23,24). The molecule has 2 N–H and O–H groups in total. The monoisotopic (exact) mass is 348 g/mol. The fourth-order valence-corrected chi connectivity index (χ4v) is 1.96. The van der Waals surface area contributed by atoms with Gasteiger partial charge in [-0.2, -0.15) is 13.2 Å². The van der Waals surface area contributed by atoms with E-state index in [4.69, 9.17) is 4.74 Å². The molecule has 0 radical (unpaired) electrons. The number of para-hydroxylation sites is 2. The van der Waals surface area contributed by atoms with Gasteiger partial charge in [-0.3, -0.25) is 0 Å². The summed E-state index contributed by atoms with van der Waals surface area (Å²) in [7, 11) is 1.49. The summed E-state index contributed by atoms with van der Waals surface area (Å²) < 4.78 is 42.9. The van der Waals surface area contributed by atoms with Gasteiger partial charge in [0.15, 0.2) is 0 Å². The van der Waals surface area contributed by atoms with Crippen molar-refractivity contribution >= 4 is 11.7 Å². The Labute approximate surface area is 143 Å². The summed E-state index contributed by atoms with van der Waals surface area (Å²) in [5, 5.41) is 5.09. The number of methoxy groups -OCH3 is 1. The highest BCUT2D eigenvalue weighted by atomic mass is 19.4. The molecule has 2 rings (SSSR count). The van der Waals surface area contributed by atoms with E-state index in [2.05, 4.69) is 22.5 Å². The fraction of sp³-hybridized carbons (Fsp3) is 0.167. The molecule has 4 nitrogen and oxygen atoms in total. The van der Waals surface area contributed by atoms with Crippen molar-refractivity contribution in [3.05, 3.63) is 59.7 Å². The number of hydrogen-bond acceptors (Lipinski definition) is 2. The number of benzene rings is 2. The number of ether oxygens (including phenoxy) is 1. The van der Waals surface area contributed by atoms with Crippen molar-refractivity contribution in [2.24, 2.45) is 0 Å². The van der Waals surface area contributed by atoms with Crippen LogP contribution in [0.15, 0.2) is 48.5 Å². The van der Waals surface area contributed by atoms with Gasteiger partial charge in [0.2, 0.25) is 0 Å². The van der Waals surface area contributed by atoms with E-state index in [1.807, 2.05) is 0 Å². The summed E-state index contributed by atoms with van der Waals surface area (Å²) >= 11 is 0. The number of urea groups is 1. The molecule has 130 valence electrons. The van der Waals surface area contributed by atoms with E-state index in [0.717, 1.165) is 12.1 Å². The number of carbonyl (C=O) groups is 1. The molecule has 0 aliphatic heterocycles. The highest BCUT2D eigenvalue weighted by Crippen LogP contribution is 2.29. The van der Waals surface area contributed by atoms with Gasteiger partial charge in [-0.05, 0) is 30.3 Å². The molecule has 0 fully saturated rings. The molecule has 0 heterocycles. The highest BCUT2D eigenvalue weighted by Gasteiger charge is 2.30. The lowest BCUT2D eigenvalue weighted by Gasteiger charge is -2.09. The second-order valence-corrected chi connectivity index (χ2v) is 4.89. The van der Waals surface area contributed by atoms with E-state index >= 15 is 0 Å². The molecular weight excluding hydrogens is 333 g/mol. The van der Waals surface area contributed by atoms with Crippen LogP contribution in [-0.4, -0.2) is 19.7 Å². The maximum atomic E-state index is 12.6. The SMILES string of the molecule is COc1ccccc1NC(=O)NCC#Cc1cccc(C(F)(F)F)c1. The quantitative estimate of drug-likeness (QED) is 0.827. The van der Waals surface area contributed by atoms with Gasteiger partial charge in [0.05, 0.1) is 24.9 Å². The minimum atomic E-state index is -4.41. The van der Waals surface area contributed by atoms with Crippen LogP contribution in [-0.2, 0) is 6.18 Å². The predicted molar refractivity (Wildman–Crippen MR) is 88.3 cm³/mol. The molecule has 0 unspecified atom stereocenters. The summed E-state index contributed by atoms with van der Waals surface area (Å²) in [5.41, 5.74) is -0.0451. The Kier molecular flexibility index (Phi) is 5.90. The second-order valence-electron chi connectivity index (χ2n) is 4.89. The van der Waals surface area contributed by atoms with Gasteiger partial charge in [-0.1, -0.05) is 30.0 Å². The van der Waals surface area contributed by atoms with Crippen LogP contribution >= 0.6 is 0 Å². The van der Waals surface area contributed by atoms with Crippen molar-refractivity contribution < 1.29 is 22.7 Å². The first-order chi connectivity index (χ1) is 11.9. The number of alkyl halides is 3. The van der Waals surface area contributed by atoms with Crippen molar-refractivity contribution in [2.75, 3.05) is 19.0 Å². The third-order valence-corrected chi connectivity index (χ3v) is 3.12. The predicted octanol–water partition coefficient (Wildman–Crippen LogP) is 3.89. The summed E-state index contributed by atoms with van der Waals surface area (Å²) in [6.07, 6.45) is -4.41. The van der Waals surface area contributed by atoms with E-state index in [1.54, 1.807) is 24.3 Å². The Balaban J connectivity index is 1.91. The van der Waals surface area contributed by atoms with Gasteiger partial charge in [0, 0.05) is 5.56 Å². The van der Waals surface area contributed by atoms with Crippen LogP contribution in [0, 0.1) is 11.8 Å². The second kappa shape index (κ2) is 8.11. The molecule has 0 aliphatic carbocycles. The van der Waals surface area contributed by atoms with Crippen LogP contribution in [0.5, 0.6) is 5.75 Å². The molecule has 0 aromatic heterocycles.